The second-order valence-electron chi connectivity index (χ2n) is 8.82. The van der Waals surface area contributed by atoms with E-state index in [0.717, 1.165) is 44.3 Å². The minimum atomic E-state index is -0.242. The van der Waals surface area contributed by atoms with Crippen LogP contribution >= 0.6 is 0 Å². The first kappa shape index (κ1) is 16.1. The van der Waals surface area contributed by atoms with E-state index < -0.39 is 0 Å². The van der Waals surface area contributed by atoms with E-state index in [2.05, 4.69) is 26.0 Å². The summed E-state index contributed by atoms with van der Waals surface area (Å²) >= 11 is 0. The summed E-state index contributed by atoms with van der Waals surface area (Å²) in [5, 5.41) is 0. The Morgan fingerprint density at radius 3 is 2.62 bits per heavy atom. The summed E-state index contributed by atoms with van der Waals surface area (Å²) in [4.78, 5) is 23.7. The fourth-order valence-corrected chi connectivity index (χ4v) is 6.40. The highest BCUT2D eigenvalue weighted by molar-refractivity contribution is 5.87. The monoisotopic (exact) mass is 328 g/mol. The average Bonchev–Trinajstić information content (AvgIpc) is 2.83. The molecule has 4 rings (SSSR count). The maximum absolute atomic E-state index is 12.4. The van der Waals surface area contributed by atoms with Gasteiger partial charge in [-0.15, -0.1) is 0 Å². The van der Waals surface area contributed by atoms with E-state index >= 15 is 0 Å². The van der Waals surface area contributed by atoms with Gasteiger partial charge in [-0.25, -0.2) is 0 Å². The maximum atomic E-state index is 12.4. The summed E-state index contributed by atoms with van der Waals surface area (Å²) in [6, 6.07) is 0. The number of ketones is 1. The van der Waals surface area contributed by atoms with Gasteiger partial charge in [-0.05, 0) is 73.8 Å². The Morgan fingerprint density at radius 1 is 1.12 bits per heavy atom. The van der Waals surface area contributed by atoms with Crippen molar-refractivity contribution in [1.29, 1.82) is 0 Å². The molecule has 3 heteroatoms. The van der Waals surface area contributed by atoms with Crippen LogP contribution in [0, 0.1) is 28.6 Å². The van der Waals surface area contributed by atoms with Gasteiger partial charge in [-0.3, -0.25) is 9.59 Å². The zero-order chi connectivity index (χ0) is 17.1. The molecule has 0 unspecified atom stereocenters. The second-order valence-corrected chi connectivity index (χ2v) is 8.82. The Hall–Kier alpha value is -1.38. The molecule has 24 heavy (non-hydrogen) atoms. The van der Waals surface area contributed by atoms with Crippen LogP contribution < -0.4 is 0 Å². The highest BCUT2D eigenvalue weighted by Gasteiger charge is 2.58. The first-order chi connectivity index (χ1) is 11.3. The summed E-state index contributed by atoms with van der Waals surface area (Å²) in [6.07, 6.45) is 11.6. The van der Waals surface area contributed by atoms with E-state index in [4.69, 9.17) is 4.74 Å². The Kier molecular flexibility index (Phi) is 3.56. The third-order valence-corrected chi connectivity index (χ3v) is 7.75. The molecule has 0 amide bonds. The summed E-state index contributed by atoms with van der Waals surface area (Å²) in [5.41, 5.74) is 1.58. The van der Waals surface area contributed by atoms with Crippen molar-refractivity contribution >= 4 is 11.8 Å². The van der Waals surface area contributed by atoms with Crippen molar-refractivity contribution in [3.8, 4) is 0 Å². The highest BCUT2D eigenvalue weighted by atomic mass is 16.5. The lowest BCUT2D eigenvalue weighted by Crippen LogP contribution is -2.50. The van der Waals surface area contributed by atoms with Crippen molar-refractivity contribution in [3.05, 3.63) is 23.5 Å². The van der Waals surface area contributed by atoms with Crippen LogP contribution in [0.3, 0.4) is 0 Å². The topological polar surface area (TPSA) is 43.4 Å². The third kappa shape index (κ3) is 2.16. The summed E-state index contributed by atoms with van der Waals surface area (Å²) < 4.78 is 5.32. The standard InChI is InChI=1S/C21H28O3/c1-13(22)24-15-8-10-20(2)14(12-15)4-5-16-17-6-7-19(23)21(17,3)11-9-18(16)20/h8,12,16-18H,4-7,9-11H2,1-3H3/t16-,17-,18-,20-,21-/m0/s1. The largest absolute Gasteiger partial charge is 0.427 e. The predicted octanol–water partition coefficient (Wildman–Crippen LogP) is 4.58. The number of ether oxygens (including phenoxy) is 1. The zero-order valence-electron chi connectivity index (χ0n) is 15.1. The summed E-state index contributed by atoms with van der Waals surface area (Å²) in [5.74, 6) is 2.93. The quantitative estimate of drug-likeness (QED) is 0.662. The number of esters is 1. The van der Waals surface area contributed by atoms with Crippen LogP contribution in [0.2, 0.25) is 0 Å². The molecule has 4 aliphatic carbocycles. The molecule has 0 aromatic rings. The van der Waals surface area contributed by atoms with Gasteiger partial charge in [0.25, 0.3) is 0 Å². The number of hydrogen-bond donors (Lipinski definition) is 0. The van der Waals surface area contributed by atoms with Crippen molar-refractivity contribution < 1.29 is 14.3 Å². The minimum absolute atomic E-state index is 0.0495. The Morgan fingerprint density at radius 2 is 1.88 bits per heavy atom. The zero-order valence-corrected chi connectivity index (χ0v) is 15.1. The lowest BCUT2D eigenvalue weighted by atomic mass is 9.48. The van der Waals surface area contributed by atoms with Crippen molar-refractivity contribution in [2.24, 2.45) is 28.6 Å². The van der Waals surface area contributed by atoms with E-state index in [1.165, 1.54) is 18.9 Å². The molecule has 130 valence electrons. The maximum Gasteiger partial charge on any atom is 0.308 e. The molecule has 0 saturated heterocycles. The van der Waals surface area contributed by atoms with Crippen LogP contribution in [0.15, 0.2) is 23.5 Å². The number of hydrogen-bond acceptors (Lipinski definition) is 3. The molecule has 3 nitrogen and oxygen atoms in total. The fraction of sp³-hybridized carbons (Fsp3) is 0.714. The molecule has 0 aliphatic heterocycles. The van der Waals surface area contributed by atoms with Crippen LogP contribution in [0.5, 0.6) is 0 Å². The van der Waals surface area contributed by atoms with Crippen molar-refractivity contribution in [1.82, 2.24) is 0 Å². The molecule has 4 aliphatic rings. The van der Waals surface area contributed by atoms with Gasteiger partial charge in [-0.1, -0.05) is 19.4 Å². The summed E-state index contributed by atoms with van der Waals surface area (Å²) in [6.45, 7) is 6.09. The van der Waals surface area contributed by atoms with E-state index in [9.17, 15) is 9.59 Å². The number of fused-ring (bicyclic) bond motifs is 5. The smallest absolute Gasteiger partial charge is 0.308 e. The van der Waals surface area contributed by atoms with Gasteiger partial charge in [0.15, 0.2) is 0 Å². The van der Waals surface area contributed by atoms with E-state index in [1.807, 2.05) is 0 Å². The Balaban J connectivity index is 1.62. The molecule has 0 aromatic carbocycles. The first-order valence-electron chi connectivity index (χ1n) is 9.47. The number of carbonyl (C=O) groups is 2. The predicted molar refractivity (Wildman–Crippen MR) is 91.9 cm³/mol. The number of rotatable bonds is 1. The number of carbonyl (C=O) groups excluding carboxylic acids is 2. The van der Waals surface area contributed by atoms with Gasteiger partial charge in [0.2, 0.25) is 0 Å². The molecule has 0 aromatic heterocycles. The molecule has 3 fully saturated rings. The third-order valence-electron chi connectivity index (χ3n) is 7.75. The Bertz CT molecular complexity index is 658. The molecular formula is C21H28O3. The van der Waals surface area contributed by atoms with Gasteiger partial charge >= 0.3 is 5.97 Å². The van der Waals surface area contributed by atoms with Crippen LogP contribution in [0.25, 0.3) is 0 Å². The molecule has 0 spiro atoms. The number of allylic oxidation sites excluding steroid dienone is 3. The molecular weight excluding hydrogens is 300 g/mol. The normalized spacial score (nSPS) is 44.0. The van der Waals surface area contributed by atoms with E-state index in [-0.39, 0.29) is 16.8 Å². The highest BCUT2D eigenvalue weighted by Crippen LogP contribution is 2.64. The lowest BCUT2D eigenvalue weighted by Gasteiger charge is -2.56. The van der Waals surface area contributed by atoms with Crippen LogP contribution in [-0.2, 0) is 14.3 Å². The van der Waals surface area contributed by atoms with E-state index in [1.54, 1.807) is 0 Å². The van der Waals surface area contributed by atoms with Gasteiger partial charge < -0.3 is 4.74 Å². The molecule has 0 heterocycles. The van der Waals surface area contributed by atoms with Crippen molar-refractivity contribution in [2.75, 3.05) is 0 Å². The van der Waals surface area contributed by atoms with Crippen LogP contribution in [-0.4, -0.2) is 11.8 Å². The minimum Gasteiger partial charge on any atom is -0.427 e. The fourth-order valence-electron chi connectivity index (χ4n) is 6.40. The second kappa shape index (κ2) is 5.31. The summed E-state index contributed by atoms with van der Waals surface area (Å²) in [7, 11) is 0. The van der Waals surface area contributed by atoms with E-state index in [0.29, 0.717) is 23.5 Å². The van der Waals surface area contributed by atoms with Gasteiger partial charge in [-0.2, -0.15) is 0 Å². The molecule has 5 atom stereocenters. The molecule has 0 bridgehead atoms. The van der Waals surface area contributed by atoms with Crippen molar-refractivity contribution in [2.45, 2.75) is 65.7 Å². The molecule has 0 N–H and O–H groups in total. The Labute approximate surface area is 144 Å². The SMILES string of the molecule is CC(=O)OC1=CC[C@@]2(C)C(=C1)CC[C@@H]1[C@@H]2CC[C@]2(C)C(=O)CC[C@@H]12. The van der Waals surface area contributed by atoms with Crippen molar-refractivity contribution in [3.63, 3.8) is 0 Å². The van der Waals surface area contributed by atoms with Gasteiger partial charge in [0.1, 0.15) is 11.5 Å². The lowest BCUT2D eigenvalue weighted by molar-refractivity contribution is -0.136. The van der Waals surface area contributed by atoms with Gasteiger partial charge in [0, 0.05) is 18.8 Å². The van der Waals surface area contributed by atoms with Gasteiger partial charge in [0.05, 0.1) is 0 Å². The first-order valence-corrected chi connectivity index (χ1v) is 9.47. The number of Topliss-reactive ketones (excluding diaryl/α,β-unsaturated/α-hetero) is 1. The van der Waals surface area contributed by atoms with Crippen LogP contribution in [0.1, 0.15) is 65.7 Å². The molecule has 3 saturated carbocycles. The van der Waals surface area contributed by atoms with Crippen LogP contribution in [0.4, 0.5) is 0 Å². The molecule has 0 radical (unpaired) electrons. The average molecular weight is 328 g/mol.